The third-order valence-electron chi connectivity index (χ3n) is 4.40. The van der Waals surface area contributed by atoms with Crippen molar-refractivity contribution in [2.75, 3.05) is 26.2 Å². The molecule has 152 valence electrons. The molecule has 1 aliphatic heterocycles. The Bertz CT molecular complexity index is 841. The van der Waals surface area contributed by atoms with Crippen molar-refractivity contribution in [1.29, 1.82) is 0 Å². The van der Waals surface area contributed by atoms with Gasteiger partial charge >= 0.3 is 6.36 Å². The maximum atomic E-state index is 12.5. The Hall–Kier alpha value is -0.810. The van der Waals surface area contributed by atoms with E-state index in [0.717, 1.165) is 41.8 Å². The van der Waals surface area contributed by atoms with Gasteiger partial charge in [-0.25, -0.2) is 0 Å². The number of nitrogens with one attached hydrogen (secondary N) is 1. The van der Waals surface area contributed by atoms with Gasteiger partial charge in [0.2, 0.25) is 0 Å². The van der Waals surface area contributed by atoms with E-state index in [2.05, 4.69) is 62.7 Å². The molecule has 0 spiro atoms. The lowest BCUT2D eigenvalue weighted by molar-refractivity contribution is -0.274. The van der Waals surface area contributed by atoms with E-state index in [4.69, 9.17) is 0 Å². The first-order valence-electron chi connectivity index (χ1n) is 8.34. The van der Waals surface area contributed by atoms with Gasteiger partial charge in [-0.15, -0.1) is 13.2 Å². The fourth-order valence-electron chi connectivity index (χ4n) is 3.20. The number of nitrogens with zero attached hydrogens (tertiary/aromatic N) is 1. The first-order valence-corrected chi connectivity index (χ1v) is 10.7. The van der Waals surface area contributed by atoms with Gasteiger partial charge in [0.05, 0.1) is 15.0 Å². The molecule has 10 heteroatoms. The normalized spacial score (nSPS) is 16.8. The first kappa shape index (κ1) is 21.9. The molecule has 0 unspecified atom stereocenters. The van der Waals surface area contributed by atoms with Crippen LogP contribution in [-0.4, -0.2) is 42.5 Å². The van der Waals surface area contributed by atoms with Crippen molar-refractivity contribution in [2.45, 2.75) is 12.4 Å². The highest BCUT2D eigenvalue weighted by Crippen LogP contribution is 2.45. The van der Waals surface area contributed by atoms with Gasteiger partial charge in [-0.2, -0.15) is 0 Å². The van der Waals surface area contributed by atoms with Crippen LogP contribution in [0.4, 0.5) is 13.2 Å². The maximum absolute atomic E-state index is 12.5. The van der Waals surface area contributed by atoms with Crippen LogP contribution in [0.5, 0.6) is 11.5 Å². The number of piperazine rings is 1. The highest BCUT2D eigenvalue weighted by molar-refractivity contribution is 9.11. The minimum Gasteiger partial charge on any atom is -0.506 e. The summed E-state index contributed by atoms with van der Waals surface area (Å²) in [6.07, 6.45) is -4.73. The average molecular weight is 589 g/mol. The molecular weight excluding hydrogens is 573 g/mol. The predicted octanol–water partition coefficient (Wildman–Crippen LogP) is 5.57. The molecule has 1 heterocycles. The molecule has 0 radical (unpaired) electrons. The first-order chi connectivity index (χ1) is 13.2. The molecular formula is C18H16Br3F3N2O2. The summed E-state index contributed by atoms with van der Waals surface area (Å²) in [5.41, 5.74) is 1.59. The van der Waals surface area contributed by atoms with Gasteiger partial charge in [0.1, 0.15) is 11.5 Å². The Morgan fingerprint density at radius 3 is 2.21 bits per heavy atom. The molecule has 2 aromatic carbocycles. The van der Waals surface area contributed by atoms with Crippen molar-refractivity contribution in [3.63, 3.8) is 0 Å². The van der Waals surface area contributed by atoms with Crippen LogP contribution in [0.25, 0.3) is 0 Å². The van der Waals surface area contributed by atoms with E-state index in [0.29, 0.717) is 8.95 Å². The van der Waals surface area contributed by atoms with E-state index in [1.807, 2.05) is 0 Å². The van der Waals surface area contributed by atoms with E-state index < -0.39 is 6.36 Å². The number of hydrogen-bond acceptors (Lipinski definition) is 4. The molecule has 0 amide bonds. The minimum atomic E-state index is -4.73. The van der Waals surface area contributed by atoms with Crippen molar-refractivity contribution in [3.05, 3.63) is 54.9 Å². The number of phenolic OH excluding ortho intramolecular Hbond substituents is 1. The molecule has 0 aliphatic carbocycles. The lowest BCUT2D eigenvalue weighted by atomic mass is 9.96. The van der Waals surface area contributed by atoms with Crippen LogP contribution in [0, 0.1) is 0 Å². The number of halogens is 6. The number of aromatic hydroxyl groups is 1. The fourth-order valence-corrected chi connectivity index (χ4v) is 5.75. The highest BCUT2D eigenvalue weighted by Gasteiger charge is 2.32. The van der Waals surface area contributed by atoms with Gasteiger partial charge in [-0.05, 0) is 55.6 Å². The second-order valence-electron chi connectivity index (χ2n) is 6.22. The Morgan fingerprint density at radius 2 is 1.64 bits per heavy atom. The zero-order chi connectivity index (χ0) is 20.5. The zero-order valence-electron chi connectivity index (χ0n) is 14.4. The van der Waals surface area contributed by atoms with Crippen LogP contribution in [0.2, 0.25) is 0 Å². The van der Waals surface area contributed by atoms with Crippen LogP contribution < -0.4 is 10.1 Å². The number of phenols is 1. The van der Waals surface area contributed by atoms with Crippen LogP contribution >= 0.6 is 47.8 Å². The van der Waals surface area contributed by atoms with Gasteiger partial charge in [-0.3, -0.25) is 4.90 Å². The van der Waals surface area contributed by atoms with Crippen LogP contribution in [0.1, 0.15) is 17.2 Å². The molecule has 2 N–H and O–H groups in total. The number of alkyl halides is 3. The summed E-state index contributed by atoms with van der Waals surface area (Å²) in [6, 6.07) is 7.32. The molecule has 4 nitrogen and oxygen atoms in total. The van der Waals surface area contributed by atoms with Gasteiger partial charge in [0.15, 0.2) is 0 Å². The van der Waals surface area contributed by atoms with E-state index in [1.165, 1.54) is 12.1 Å². The summed E-state index contributed by atoms with van der Waals surface area (Å²) in [7, 11) is 0. The van der Waals surface area contributed by atoms with Crippen molar-refractivity contribution in [2.24, 2.45) is 0 Å². The van der Waals surface area contributed by atoms with Crippen molar-refractivity contribution < 1.29 is 23.0 Å². The molecule has 0 bridgehead atoms. The molecule has 28 heavy (non-hydrogen) atoms. The summed E-state index contributed by atoms with van der Waals surface area (Å²) in [6.45, 7) is 3.09. The second kappa shape index (κ2) is 8.91. The summed E-state index contributed by atoms with van der Waals surface area (Å²) < 4.78 is 43.2. The number of benzene rings is 2. The number of ether oxygens (including phenoxy) is 1. The Morgan fingerprint density at radius 1 is 1.04 bits per heavy atom. The van der Waals surface area contributed by atoms with Crippen molar-refractivity contribution in [1.82, 2.24) is 10.2 Å². The van der Waals surface area contributed by atoms with Gasteiger partial charge < -0.3 is 15.2 Å². The Kier molecular flexibility index (Phi) is 6.96. The second-order valence-corrected chi connectivity index (χ2v) is 8.72. The summed E-state index contributed by atoms with van der Waals surface area (Å²) >= 11 is 10.4. The predicted molar refractivity (Wildman–Crippen MR) is 111 cm³/mol. The van der Waals surface area contributed by atoms with Crippen LogP contribution in [0.15, 0.2) is 43.7 Å². The molecule has 3 rings (SSSR count). The smallest absolute Gasteiger partial charge is 0.506 e. The number of rotatable bonds is 4. The van der Waals surface area contributed by atoms with Crippen LogP contribution in [0.3, 0.4) is 0 Å². The zero-order valence-corrected chi connectivity index (χ0v) is 19.1. The molecule has 0 aromatic heterocycles. The third-order valence-corrected chi connectivity index (χ3v) is 6.46. The lowest BCUT2D eigenvalue weighted by Gasteiger charge is -2.36. The molecule has 2 aromatic rings. The topological polar surface area (TPSA) is 44.7 Å². The van der Waals surface area contributed by atoms with Crippen LogP contribution in [-0.2, 0) is 0 Å². The fraction of sp³-hybridized carbons (Fsp3) is 0.333. The largest absolute Gasteiger partial charge is 0.573 e. The van der Waals surface area contributed by atoms with E-state index in [1.54, 1.807) is 18.2 Å². The van der Waals surface area contributed by atoms with E-state index in [-0.39, 0.29) is 17.5 Å². The highest BCUT2D eigenvalue weighted by atomic mass is 79.9. The Balaban J connectivity index is 2.05. The molecule has 1 fully saturated rings. The molecule has 1 atom stereocenters. The minimum absolute atomic E-state index is 0.0651. The summed E-state index contributed by atoms with van der Waals surface area (Å²) in [5.74, 6) is -0.206. The van der Waals surface area contributed by atoms with E-state index >= 15 is 0 Å². The molecule has 1 saturated heterocycles. The molecule has 1 aliphatic rings. The van der Waals surface area contributed by atoms with E-state index in [9.17, 15) is 18.3 Å². The average Bonchev–Trinajstić information content (AvgIpc) is 2.64. The quantitative estimate of drug-likeness (QED) is 0.490. The summed E-state index contributed by atoms with van der Waals surface area (Å²) in [4.78, 5) is 2.22. The SMILES string of the molecule is Oc1c(Br)cc(Br)c([C@@H](c2ccc(OC(F)(F)F)cc2)N2CCNCC2)c1Br. The molecule has 0 saturated carbocycles. The third kappa shape index (κ3) is 5.02. The Labute approximate surface area is 185 Å². The standard InChI is InChI=1S/C18H16Br3F3N2O2/c19-12-9-13(20)17(27)15(21)14(12)16(26-7-5-25-6-8-26)10-1-3-11(4-2-10)28-18(22,23)24/h1-4,9,16,25,27H,5-8H2/t16-/m1/s1. The maximum Gasteiger partial charge on any atom is 0.573 e. The lowest BCUT2D eigenvalue weighted by Crippen LogP contribution is -2.45. The summed E-state index contributed by atoms with van der Waals surface area (Å²) in [5, 5.41) is 13.7. The van der Waals surface area contributed by atoms with Crippen molar-refractivity contribution in [3.8, 4) is 11.5 Å². The van der Waals surface area contributed by atoms with Crippen molar-refractivity contribution >= 4 is 47.8 Å². The monoisotopic (exact) mass is 586 g/mol. The number of hydrogen-bond donors (Lipinski definition) is 2. The van der Waals surface area contributed by atoms with Gasteiger partial charge in [0, 0.05) is 36.2 Å². The van der Waals surface area contributed by atoms with Gasteiger partial charge in [-0.1, -0.05) is 28.1 Å². The van der Waals surface area contributed by atoms with Gasteiger partial charge in [0.25, 0.3) is 0 Å².